The molecule has 0 saturated heterocycles. The minimum Gasteiger partial charge on any atom is -0.299 e. The predicted octanol–water partition coefficient (Wildman–Crippen LogP) is 4.38. The maximum Gasteiger partial charge on any atom is 0.195 e. The first-order chi connectivity index (χ1) is 9.71. The van der Waals surface area contributed by atoms with Crippen molar-refractivity contribution in [2.45, 2.75) is 59.4 Å². The molecule has 0 bridgehead atoms. The molecule has 1 N–H and O–H groups in total. The van der Waals surface area contributed by atoms with Crippen molar-refractivity contribution >= 4 is 23.6 Å². The van der Waals surface area contributed by atoms with Crippen LogP contribution in [0.15, 0.2) is 0 Å². The molecule has 0 fully saturated rings. The number of hydrogen-bond acceptors (Lipinski definition) is 4. The third-order valence-corrected chi connectivity index (χ3v) is 4.78. The number of thiazole rings is 1. The number of aryl methyl sites for hydroxylation is 2. The molecule has 4 nitrogen and oxygen atoms in total. The van der Waals surface area contributed by atoms with Gasteiger partial charge in [0, 0.05) is 6.54 Å². The smallest absolute Gasteiger partial charge is 0.195 e. The Bertz CT molecular complexity index is 609. The summed E-state index contributed by atoms with van der Waals surface area (Å²) in [6, 6.07) is 0. The van der Waals surface area contributed by atoms with E-state index in [1.807, 2.05) is 0 Å². The zero-order valence-corrected chi connectivity index (χ0v) is 14.0. The lowest BCUT2D eigenvalue weighted by atomic mass is 10.2. The molecule has 0 atom stereocenters. The van der Waals surface area contributed by atoms with Crippen molar-refractivity contribution in [3.8, 4) is 10.7 Å². The van der Waals surface area contributed by atoms with Crippen LogP contribution in [0.3, 0.4) is 0 Å². The highest BCUT2D eigenvalue weighted by atomic mass is 32.1. The van der Waals surface area contributed by atoms with E-state index in [2.05, 4.69) is 35.5 Å². The van der Waals surface area contributed by atoms with Gasteiger partial charge in [-0.05, 0) is 31.5 Å². The number of nitrogens with zero attached hydrogens (tertiary/aromatic N) is 3. The van der Waals surface area contributed by atoms with Crippen LogP contribution in [0.5, 0.6) is 0 Å². The maximum absolute atomic E-state index is 5.36. The average Bonchev–Trinajstić information content (AvgIpc) is 3.00. The summed E-state index contributed by atoms with van der Waals surface area (Å²) >= 11 is 7.11. The van der Waals surface area contributed by atoms with E-state index < -0.39 is 0 Å². The highest BCUT2D eigenvalue weighted by molar-refractivity contribution is 7.71. The van der Waals surface area contributed by atoms with Gasteiger partial charge in [0.2, 0.25) is 0 Å². The second kappa shape index (κ2) is 7.13. The third kappa shape index (κ3) is 3.17. The Morgan fingerprint density at radius 1 is 1.25 bits per heavy atom. The zero-order chi connectivity index (χ0) is 14.5. The largest absolute Gasteiger partial charge is 0.299 e. The summed E-state index contributed by atoms with van der Waals surface area (Å²) in [6.07, 6.45) is 5.33. The molecule has 20 heavy (non-hydrogen) atoms. The molecule has 0 amide bonds. The molecule has 0 spiro atoms. The zero-order valence-electron chi connectivity index (χ0n) is 12.4. The van der Waals surface area contributed by atoms with E-state index in [1.54, 1.807) is 11.3 Å². The summed E-state index contributed by atoms with van der Waals surface area (Å²) in [4.78, 5) is 5.93. The Morgan fingerprint density at radius 2 is 2.05 bits per heavy atom. The summed E-state index contributed by atoms with van der Waals surface area (Å²) < 4.78 is 2.83. The second-order valence-corrected chi connectivity index (χ2v) is 6.31. The van der Waals surface area contributed by atoms with E-state index in [9.17, 15) is 0 Å². The van der Waals surface area contributed by atoms with Gasteiger partial charge in [-0.25, -0.2) is 4.98 Å². The summed E-state index contributed by atoms with van der Waals surface area (Å²) in [5, 5.41) is 8.56. The fourth-order valence-electron chi connectivity index (χ4n) is 2.15. The normalized spacial score (nSPS) is 11.2. The van der Waals surface area contributed by atoms with E-state index in [0.29, 0.717) is 4.77 Å². The quantitative estimate of drug-likeness (QED) is 0.772. The van der Waals surface area contributed by atoms with Crippen LogP contribution in [0.25, 0.3) is 10.7 Å². The number of rotatable bonds is 7. The molecule has 0 saturated carbocycles. The Balaban J connectivity index is 2.44. The summed E-state index contributed by atoms with van der Waals surface area (Å²) in [6.45, 7) is 7.44. The van der Waals surface area contributed by atoms with Gasteiger partial charge in [-0.1, -0.05) is 33.6 Å². The fourth-order valence-corrected chi connectivity index (χ4v) is 3.42. The molecule has 0 aromatic carbocycles. The van der Waals surface area contributed by atoms with Crippen LogP contribution in [0.1, 0.15) is 50.7 Å². The lowest BCUT2D eigenvalue weighted by Crippen LogP contribution is -2.01. The van der Waals surface area contributed by atoms with Gasteiger partial charge < -0.3 is 0 Å². The van der Waals surface area contributed by atoms with Crippen molar-refractivity contribution in [1.82, 2.24) is 19.7 Å². The maximum atomic E-state index is 5.36. The number of aromatic nitrogens is 4. The fraction of sp³-hybridized carbons (Fsp3) is 0.643. The third-order valence-electron chi connectivity index (χ3n) is 3.23. The lowest BCUT2D eigenvalue weighted by molar-refractivity contribution is 0.629. The van der Waals surface area contributed by atoms with Gasteiger partial charge in [0.25, 0.3) is 0 Å². The van der Waals surface area contributed by atoms with Crippen LogP contribution in [-0.4, -0.2) is 19.7 Å². The molecular weight excluding hydrogens is 288 g/mol. The van der Waals surface area contributed by atoms with E-state index in [4.69, 9.17) is 17.2 Å². The molecule has 0 aliphatic carbocycles. The topological polar surface area (TPSA) is 46.5 Å². The highest BCUT2D eigenvalue weighted by Gasteiger charge is 2.17. The Kier molecular flexibility index (Phi) is 5.48. The minimum atomic E-state index is 0.711. The van der Waals surface area contributed by atoms with Gasteiger partial charge in [0.05, 0.1) is 15.6 Å². The lowest BCUT2D eigenvalue weighted by Gasteiger charge is -2.05. The van der Waals surface area contributed by atoms with Crippen LogP contribution in [0.4, 0.5) is 0 Å². The molecular formula is C14H22N4S2. The second-order valence-electron chi connectivity index (χ2n) is 4.84. The Hall–Kier alpha value is -1.01. The van der Waals surface area contributed by atoms with Gasteiger partial charge in [-0.2, -0.15) is 5.10 Å². The summed E-state index contributed by atoms with van der Waals surface area (Å²) in [5.74, 6) is 0.962. The van der Waals surface area contributed by atoms with Crippen LogP contribution >= 0.6 is 23.6 Å². The molecule has 110 valence electrons. The SMILES string of the molecule is CCCCn1c(-c2sc(CC)nc2CCC)n[nH]c1=S. The van der Waals surface area contributed by atoms with Crippen molar-refractivity contribution in [2.24, 2.45) is 0 Å². The van der Waals surface area contributed by atoms with Gasteiger partial charge in [0.1, 0.15) is 0 Å². The van der Waals surface area contributed by atoms with Crippen LogP contribution < -0.4 is 0 Å². The minimum absolute atomic E-state index is 0.711. The van der Waals surface area contributed by atoms with Crippen molar-refractivity contribution in [3.63, 3.8) is 0 Å². The molecule has 2 aromatic heterocycles. The standard InChI is InChI=1S/C14H22N4S2/c1-4-7-9-18-13(16-17-14(18)19)12-10(8-5-2)15-11(6-3)20-12/h4-9H2,1-3H3,(H,17,19). The highest BCUT2D eigenvalue weighted by Crippen LogP contribution is 2.30. The van der Waals surface area contributed by atoms with Crippen molar-refractivity contribution in [2.75, 3.05) is 0 Å². The van der Waals surface area contributed by atoms with Gasteiger partial charge in [-0.15, -0.1) is 11.3 Å². The average molecular weight is 310 g/mol. The monoisotopic (exact) mass is 310 g/mol. The van der Waals surface area contributed by atoms with Crippen molar-refractivity contribution in [3.05, 3.63) is 15.5 Å². The van der Waals surface area contributed by atoms with Gasteiger partial charge >= 0.3 is 0 Å². The van der Waals surface area contributed by atoms with E-state index in [0.717, 1.165) is 44.5 Å². The first-order valence-electron chi connectivity index (χ1n) is 7.35. The van der Waals surface area contributed by atoms with Gasteiger partial charge in [-0.3, -0.25) is 9.67 Å². The molecule has 2 rings (SSSR count). The molecule has 0 aliphatic heterocycles. The number of nitrogens with one attached hydrogen (secondary N) is 1. The van der Waals surface area contributed by atoms with Crippen LogP contribution in [0, 0.1) is 4.77 Å². The first-order valence-corrected chi connectivity index (χ1v) is 8.57. The molecule has 2 heterocycles. The number of unbranched alkanes of at least 4 members (excludes halogenated alkanes) is 1. The van der Waals surface area contributed by atoms with E-state index >= 15 is 0 Å². The Labute approximate surface area is 129 Å². The number of aromatic amines is 1. The summed E-state index contributed by atoms with van der Waals surface area (Å²) in [7, 11) is 0. The number of H-pyrrole nitrogens is 1. The summed E-state index contributed by atoms with van der Waals surface area (Å²) in [5.41, 5.74) is 1.17. The molecule has 6 heteroatoms. The molecule has 0 aliphatic rings. The number of hydrogen-bond donors (Lipinski definition) is 1. The predicted molar refractivity (Wildman–Crippen MR) is 86.8 cm³/mol. The van der Waals surface area contributed by atoms with Crippen LogP contribution in [0.2, 0.25) is 0 Å². The van der Waals surface area contributed by atoms with E-state index in [1.165, 1.54) is 15.6 Å². The molecule has 2 aromatic rings. The molecule has 0 unspecified atom stereocenters. The van der Waals surface area contributed by atoms with Gasteiger partial charge in [0.15, 0.2) is 10.6 Å². The molecule has 0 radical (unpaired) electrons. The van der Waals surface area contributed by atoms with Crippen molar-refractivity contribution in [1.29, 1.82) is 0 Å². The van der Waals surface area contributed by atoms with E-state index in [-0.39, 0.29) is 0 Å². The first kappa shape index (κ1) is 15.4. The van der Waals surface area contributed by atoms with Crippen molar-refractivity contribution < 1.29 is 0 Å². The van der Waals surface area contributed by atoms with Crippen LogP contribution in [-0.2, 0) is 19.4 Å². The Morgan fingerprint density at radius 3 is 2.70 bits per heavy atom.